The molecule has 42 heavy (non-hydrogen) atoms. The molecule has 0 aromatic carbocycles. The summed E-state index contributed by atoms with van der Waals surface area (Å²) in [5.74, 6) is 0. The van der Waals surface area contributed by atoms with Crippen molar-refractivity contribution in [3.05, 3.63) is 31.5 Å². The van der Waals surface area contributed by atoms with Gasteiger partial charge < -0.3 is 13.3 Å². The van der Waals surface area contributed by atoms with Gasteiger partial charge in [-0.3, -0.25) is 0 Å². The van der Waals surface area contributed by atoms with Crippen molar-refractivity contribution in [1.82, 2.24) is 13.7 Å². The van der Waals surface area contributed by atoms with E-state index < -0.39 is 42.0 Å². The van der Waals surface area contributed by atoms with E-state index in [0.29, 0.717) is 37.9 Å². The Bertz CT molecular complexity index is 1060. The smallest absolute Gasteiger partial charge is 0.336 e. The fourth-order valence-electron chi connectivity index (χ4n) is 7.74. The summed E-state index contributed by atoms with van der Waals surface area (Å²) >= 11 is 0. The molecule has 3 saturated heterocycles. The van der Waals surface area contributed by atoms with Crippen LogP contribution >= 0.6 is 0 Å². The van der Waals surface area contributed by atoms with Crippen LogP contribution < -0.4 is 17.1 Å². The highest BCUT2D eigenvalue weighted by atomic mass is 28.4. The second kappa shape index (κ2) is 14.4. The van der Waals surface area contributed by atoms with Crippen molar-refractivity contribution in [3.63, 3.8) is 0 Å². The maximum atomic E-state index is 13.7. The fourth-order valence-corrected chi connectivity index (χ4v) is 18.0. The van der Waals surface area contributed by atoms with E-state index in [1.165, 1.54) is 33.0 Å². The van der Waals surface area contributed by atoms with Gasteiger partial charge in [0.2, 0.25) is 0 Å². The highest BCUT2D eigenvalue weighted by Crippen LogP contribution is 2.32. The predicted octanol–water partition coefficient (Wildman–Crippen LogP) is 5.66. The summed E-state index contributed by atoms with van der Waals surface area (Å²) in [6.45, 7) is 14.3. The van der Waals surface area contributed by atoms with E-state index in [-0.39, 0.29) is 0 Å². The van der Waals surface area contributed by atoms with Crippen LogP contribution in [0.2, 0.25) is 55.9 Å². The maximum Gasteiger partial charge on any atom is 0.336 e. The van der Waals surface area contributed by atoms with Crippen molar-refractivity contribution in [1.29, 1.82) is 0 Å². The quantitative estimate of drug-likeness (QED) is 0.274. The van der Waals surface area contributed by atoms with Crippen LogP contribution in [-0.2, 0) is 32.9 Å². The molecule has 0 N–H and O–H groups in total. The van der Waals surface area contributed by atoms with Crippen molar-refractivity contribution in [2.45, 2.75) is 172 Å². The highest BCUT2D eigenvalue weighted by molar-refractivity contribution is 6.73. The summed E-state index contributed by atoms with van der Waals surface area (Å²) in [5, 5.41) is 0. The lowest BCUT2D eigenvalue weighted by molar-refractivity contribution is 0.175. The second-order valence-electron chi connectivity index (χ2n) is 14.4. The van der Waals surface area contributed by atoms with Crippen molar-refractivity contribution in [3.8, 4) is 0 Å². The maximum absolute atomic E-state index is 13.7. The van der Waals surface area contributed by atoms with Gasteiger partial charge >= 0.3 is 17.1 Å². The molecule has 6 unspecified atom stereocenters. The number of aromatic nitrogens is 3. The van der Waals surface area contributed by atoms with Crippen molar-refractivity contribution in [2.24, 2.45) is 0 Å². The summed E-state index contributed by atoms with van der Waals surface area (Å²) < 4.78 is 23.2. The van der Waals surface area contributed by atoms with E-state index in [4.69, 9.17) is 13.3 Å². The van der Waals surface area contributed by atoms with Gasteiger partial charge in [-0.15, -0.1) is 0 Å². The molecule has 1 aromatic heterocycles. The lowest BCUT2D eigenvalue weighted by Gasteiger charge is -2.36. The Kier molecular flexibility index (Phi) is 11.6. The van der Waals surface area contributed by atoms with Gasteiger partial charge in [0.1, 0.15) is 0 Å². The third-order valence-electron chi connectivity index (χ3n) is 10.1. The van der Waals surface area contributed by atoms with E-state index in [9.17, 15) is 14.4 Å². The zero-order chi connectivity index (χ0) is 30.5. The normalized spacial score (nSPS) is 34.0. The van der Waals surface area contributed by atoms with Crippen LogP contribution in [0, 0.1) is 0 Å². The minimum atomic E-state index is -1.85. The lowest BCUT2D eigenvalue weighted by atomic mass is 10.2. The summed E-state index contributed by atoms with van der Waals surface area (Å²) in [7, 11) is -5.54. The Hall–Kier alpha value is -1.06. The van der Waals surface area contributed by atoms with Crippen LogP contribution in [0.15, 0.2) is 14.4 Å². The summed E-state index contributed by atoms with van der Waals surface area (Å²) in [6.07, 6.45) is 9.93. The molecule has 0 radical (unpaired) electrons. The molecule has 3 aliphatic heterocycles. The zero-order valence-electron chi connectivity index (χ0n) is 27.3. The fraction of sp³-hybridized carbons (Fsp3) is 0.900. The molecule has 4 heterocycles. The first-order valence-corrected chi connectivity index (χ1v) is 25.3. The first-order valence-electron chi connectivity index (χ1n) is 16.8. The number of rotatable bonds is 12. The molecule has 1 aromatic rings. The topological polar surface area (TPSA) is 93.7 Å². The van der Waals surface area contributed by atoms with Gasteiger partial charge in [0.25, 0.3) is 0 Å². The molecular weight excluding hydrogens is 583 g/mol. The Labute approximate surface area is 255 Å². The highest BCUT2D eigenvalue weighted by Gasteiger charge is 2.36. The molecule has 6 atom stereocenters. The first-order chi connectivity index (χ1) is 19.8. The lowest BCUT2D eigenvalue weighted by Crippen LogP contribution is -2.55. The molecule has 4 rings (SSSR count). The van der Waals surface area contributed by atoms with Crippen LogP contribution in [0.25, 0.3) is 0 Å². The molecular formula is C30H57N3O6Si3. The Morgan fingerprint density at radius 1 is 0.548 bits per heavy atom. The molecule has 12 heteroatoms. The Morgan fingerprint density at radius 3 is 1.05 bits per heavy atom. The Balaban J connectivity index is 1.51. The molecule has 9 nitrogen and oxygen atoms in total. The number of hydrogen-bond acceptors (Lipinski definition) is 6. The molecule has 0 aliphatic carbocycles. The first kappa shape index (κ1) is 33.8. The van der Waals surface area contributed by atoms with Crippen LogP contribution in [0.1, 0.15) is 78.6 Å². The molecule has 240 valence electrons. The summed E-state index contributed by atoms with van der Waals surface area (Å²) in [4.78, 5) is 41.0. The zero-order valence-corrected chi connectivity index (χ0v) is 30.3. The second-order valence-corrected chi connectivity index (χ2v) is 26.8. The van der Waals surface area contributed by atoms with Gasteiger partial charge in [-0.1, -0.05) is 19.3 Å². The SMILES string of the molecule is CC1CCC[Si](C)(CCCn2c(=O)n(CCC[Si]3(C)CCCC(C)O3)c(=O)n(CCC[Si]3(C)CCCC(C)O3)c2=O)O1. The van der Waals surface area contributed by atoms with E-state index in [1.807, 2.05) is 0 Å². The summed E-state index contributed by atoms with van der Waals surface area (Å²) in [5.41, 5.74) is -1.37. The van der Waals surface area contributed by atoms with Crippen LogP contribution in [0.5, 0.6) is 0 Å². The molecule has 0 amide bonds. The van der Waals surface area contributed by atoms with Gasteiger partial charge in [0, 0.05) is 37.9 Å². The molecule has 0 bridgehead atoms. The average Bonchev–Trinajstić information content (AvgIpc) is 2.89. The summed E-state index contributed by atoms with van der Waals surface area (Å²) in [6, 6.07) is 6.14. The third-order valence-corrected chi connectivity index (χ3v) is 21.4. The van der Waals surface area contributed by atoms with Gasteiger partial charge in [-0.25, -0.2) is 28.1 Å². The van der Waals surface area contributed by atoms with E-state index in [2.05, 4.69) is 40.4 Å². The van der Waals surface area contributed by atoms with Crippen LogP contribution in [0.3, 0.4) is 0 Å². The largest absolute Gasteiger partial charge is 0.414 e. The van der Waals surface area contributed by atoms with Crippen molar-refractivity contribution in [2.75, 3.05) is 0 Å². The minimum absolute atomic E-state index is 0.292. The number of nitrogens with zero attached hydrogens (tertiary/aromatic N) is 3. The van der Waals surface area contributed by atoms with Gasteiger partial charge in [-0.05, 0) is 115 Å². The average molecular weight is 640 g/mol. The molecule has 0 saturated carbocycles. The third kappa shape index (κ3) is 8.77. The molecule has 3 fully saturated rings. The molecule has 0 spiro atoms. The monoisotopic (exact) mass is 639 g/mol. The van der Waals surface area contributed by atoms with E-state index in [0.717, 1.165) is 74.8 Å². The minimum Gasteiger partial charge on any atom is -0.414 e. The van der Waals surface area contributed by atoms with Gasteiger partial charge in [0.15, 0.2) is 25.0 Å². The number of hydrogen-bond donors (Lipinski definition) is 0. The predicted molar refractivity (Wildman–Crippen MR) is 176 cm³/mol. The van der Waals surface area contributed by atoms with Crippen LogP contribution in [-0.4, -0.2) is 57.0 Å². The van der Waals surface area contributed by atoms with Gasteiger partial charge in [0.05, 0.1) is 0 Å². The molecule has 3 aliphatic rings. The van der Waals surface area contributed by atoms with Crippen molar-refractivity contribution < 1.29 is 13.3 Å². The van der Waals surface area contributed by atoms with E-state index in [1.54, 1.807) is 0 Å². The standard InChI is InChI=1S/C30H57N3O6Si3/c1-25-13-7-19-40(4,37-25)22-10-16-31-28(34)32(17-11-23-41(5)20-8-14-26(2)38-41)30(36)33(29(31)35)18-12-24-42(6)21-9-15-27(3)39-42/h25-27H,7-24H2,1-6H3. The van der Waals surface area contributed by atoms with Crippen LogP contribution in [0.4, 0.5) is 0 Å². The van der Waals surface area contributed by atoms with E-state index >= 15 is 0 Å². The van der Waals surface area contributed by atoms with Gasteiger partial charge in [-0.2, -0.15) is 0 Å². The Morgan fingerprint density at radius 2 is 0.810 bits per heavy atom. The van der Waals surface area contributed by atoms with Crippen molar-refractivity contribution >= 4 is 25.0 Å².